The molecule has 10 heteroatoms. The third-order valence-corrected chi connectivity index (χ3v) is 15.4. The Morgan fingerprint density at radius 3 is 1.24 bits per heavy atom. The molecule has 0 heterocycles. The average molecular weight is 1110 g/mol. The van der Waals surface area contributed by atoms with Crippen molar-refractivity contribution in [3.8, 4) is 0 Å². The summed E-state index contributed by atoms with van der Waals surface area (Å²) in [4.78, 5) is 40.0. The van der Waals surface area contributed by atoms with Crippen LogP contribution in [0.25, 0.3) is 0 Å². The molecule has 1 N–H and O–H groups in total. The Labute approximate surface area is 483 Å². The van der Waals surface area contributed by atoms with Crippen molar-refractivity contribution in [2.45, 2.75) is 309 Å². The van der Waals surface area contributed by atoms with Gasteiger partial charge in [0.15, 0.2) is 0 Å². The number of unbranched alkanes of at least 4 members (excludes halogenated alkanes) is 33. The first-order valence-electron chi connectivity index (χ1n) is 32.7. The monoisotopic (exact) mass is 1110 g/mol. The average Bonchev–Trinajstić information content (AvgIpc) is 3.40. The molecule has 3 atom stereocenters. The first kappa shape index (κ1) is 75.5. The second-order valence-electron chi connectivity index (χ2n) is 23.2. The molecule has 1 amide bonds. The molecule has 0 saturated heterocycles. The second kappa shape index (κ2) is 57.7. The number of hydrogen-bond donors (Lipinski definition) is 1. The van der Waals surface area contributed by atoms with Gasteiger partial charge in [-0.25, -0.2) is 0 Å². The van der Waals surface area contributed by atoms with E-state index in [-0.39, 0.29) is 18.9 Å². The highest BCUT2D eigenvalue weighted by atomic mass is 31.2. The summed E-state index contributed by atoms with van der Waals surface area (Å²) < 4.78 is 30.3. The van der Waals surface area contributed by atoms with Crippen molar-refractivity contribution in [1.82, 2.24) is 5.32 Å². The van der Waals surface area contributed by atoms with E-state index < -0.39 is 32.5 Å². The van der Waals surface area contributed by atoms with Crippen molar-refractivity contribution >= 4 is 19.7 Å². The molecule has 0 saturated carbocycles. The molecule has 454 valence electrons. The van der Waals surface area contributed by atoms with Gasteiger partial charge in [0, 0.05) is 12.8 Å². The van der Waals surface area contributed by atoms with Gasteiger partial charge in [-0.2, -0.15) is 0 Å². The van der Waals surface area contributed by atoms with Gasteiger partial charge in [-0.15, -0.1) is 0 Å². The molecule has 3 unspecified atom stereocenters. The van der Waals surface area contributed by atoms with Crippen molar-refractivity contribution in [3.63, 3.8) is 0 Å². The van der Waals surface area contributed by atoms with Crippen LogP contribution < -0.4 is 10.2 Å². The summed E-state index contributed by atoms with van der Waals surface area (Å²) in [6.07, 6.45) is 74.6. The number of rotatable bonds is 59. The van der Waals surface area contributed by atoms with Crippen LogP contribution >= 0.6 is 7.82 Å². The van der Waals surface area contributed by atoms with Crippen molar-refractivity contribution in [2.24, 2.45) is 0 Å². The fraction of sp³-hybridized carbons (Fsp3) is 0.794. The highest BCUT2D eigenvalue weighted by Crippen LogP contribution is 2.38. The van der Waals surface area contributed by atoms with Crippen LogP contribution in [0.2, 0.25) is 0 Å². The zero-order chi connectivity index (χ0) is 57.2. The van der Waals surface area contributed by atoms with E-state index in [0.717, 1.165) is 77.0 Å². The Morgan fingerprint density at radius 2 is 0.833 bits per heavy atom. The Morgan fingerprint density at radius 1 is 0.462 bits per heavy atom. The lowest BCUT2D eigenvalue weighted by Gasteiger charge is -2.30. The van der Waals surface area contributed by atoms with Crippen molar-refractivity contribution < 1.29 is 37.3 Å². The fourth-order valence-electron chi connectivity index (χ4n) is 9.38. The number of carbonyl (C=O) groups excluding carboxylic acids is 2. The molecule has 0 bridgehead atoms. The number of hydrogen-bond acceptors (Lipinski definition) is 7. The van der Waals surface area contributed by atoms with Crippen LogP contribution in [0.3, 0.4) is 0 Å². The molecule has 0 aromatic carbocycles. The van der Waals surface area contributed by atoms with Gasteiger partial charge in [0.1, 0.15) is 19.3 Å². The smallest absolute Gasteiger partial charge is 0.306 e. The van der Waals surface area contributed by atoms with E-state index in [2.05, 4.69) is 86.8 Å². The van der Waals surface area contributed by atoms with E-state index in [1.54, 1.807) is 0 Å². The minimum absolute atomic E-state index is 0.0318. The van der Waals surface area contributed by atoms with Crippen LogP contribution in [0, 0.1) is 0 Å². The van der Waals surface area contributed by atoms with Gasteiger partial charge >= 0.3 is 5.97 Å². The maximum Gasteiger partial charge on any atom is 0.306 e. The number of phosphoric acid groups is 1. The lowest BCUT2D eigenvalue weighted by molar-refractivity contribution is -0.870. The van der Waals surface area contributed by atoms with Gasteiger partial charge in [-0.05, 0) is 70.3 Å². The van der Waals surface area contributed by atoms with Gasteiger partial charge in [-0.1, -0.05) is 287 Å². The third kappa shape index (κ3) is 58.1. The molecule has 9 nitrogen and oxygen atoms in total. The molecule has 0 aromatic heterocycles. The number of amides is 1. The Kier molecular flexibility index (Phi) is 55.8. The van der Waals surface area contributed by atoms with E-state index in [0.29, 0.717) is 23.9 Å². The Bertz CT molecular complexity index is 1570. The highest BCUT2D eigenvalue weighted by Gasteiger charge is 2.27. The SMILES string of the molecule is CC/C=C\C/C=C\C/C=C\C/C=C\C/C=C\CCCC(=O)OC(/C=C/CCCCCCCCCCCC)C(COP(=O)([O-])OCC[N+](C)(C)C)NC(=O)CCCCCCCCCCCCCCCCCCCCCCCCC. The molecule has 0 spiro atoms. The van der Waals surface area contributed by atoms with Gasteiger partial charge in [0.25, 0.3) is 7.82 Å². The summed E-state index contributed by atoms with van der Waals surface area (Å²) >= 11 is 0. The predicted molar refractivity (Wildman–Crippen MR) is 335 cm³/mol. The number of phosphoric ester groups is 1. The molecular formula is C68H125N2O7P. The summed E-state index contributed by atoms with van der Waals surface area (Å²) in [6.45, 7) is 6.72. The number of allylic oxidation sites excluding steroid dienone is 11. The zero-order valence-electron chi connectivity index (χ0n) is 51.9. The minimum Gasteiger partial charge on any atom is -0.756 e. The number of quaternary nitrogens is 1. The number of nitrogens with zero attached hydrogens (tertiary/aromatic N) is 1. The van der Waals surface area contributed by atoms with E-state index in [1.807, 2.05) is 33.3 Å². The molecule has 78 heavy (non-hydrogen) atoms. The highest BCUT2D eigenvalue weighted by molar-refractivity contribution is 7.45. The summed E-state index contributed by atoms with van der Waals surface area (Å²) in [5, 5.41) is 3.02. The number of likely N-dealkylation sites (N-methyl/N-ethyl adjacent to an activating group) is 1. The standard InChI is InChI=1S/C68H125N2O7P/c1-7-10-13-16-19-22-25-28-30-32-33-34-35-36-37-39-40-42-45-48-51-54-57-60-67(71)69-65(64-76-78(73,74)75-63-62-70(4,5)6)66(59-56-53-50-47-44-27-24-21-18-15-12-9-3)77-68(72)61-58-55-52-49-46-43-41-38-31-29-26-23-20-17-14-11-8-2/h11,14,20,23,29,31,41,43,49,52,56,59,65-66H,7-10,12-13,15-19,21-22,24-28,30,32-40,42,44-48,50-51,53-55,57-58,60-64H2,1-6H3,(H-,69,71,73,74)/b14-11-,23-20-,31-29-,43-41-,52-49-,59-56+. The maximum atomic E-state index is 13.6. The molecule has 0 aliphatic carbocycles. The molecule has 0 rings (SSSR count). The van der Waals surface area contributed by atoms with Crippen LogP contribution in [-0.4, -0.2) is 69.4 Å². The molecule has 0 radical (unpaired) electrons. The Balaban J connectivity index is 5.20. The maximum absolute atomic E-state index is 13.6. The van der Waals surface area contributed by atoms with E-state index in [4.69, 9.17) is 13.8 Å². The lowest BCUT2D eigenvalue weighted by Crippen LogP contribution is -2.47. The van der Waals surface area contributed by atoms with Crippen LogP contribution in [-0.2, 0) is 27.9 Å². The third-order valence-electron chi connectivity index (χ3n) is 14.4. The van der Waals surface area contributed by atoms with Gasteiger partial charge in [-0.3, -0.25) is 14.2 Å². The second-order valence-corrected chi connectivity index (χ2v) is 24.7. The fourth-order valence-corrected chi connectivity index (χ4v) is 10.1. The summed E-state index contributed by atoms with van der Waals surface area (Å²) in [5.74, 6) is -0.601. The van der Waals surface area contributed by atoms with Gasteiger partial charge in [0.05, 0.1) is 33.8 Å². The van der Waals surface area contributed by atoms with E-state index in [1.165, 1.54) is 180 Å². The van der Waals surface area contributed by atoms with Crippen molar-refractivity contribution in [1.29, 1.82) is 0 Å². The summed E-state index contributed by atoms with van der Waals surface area (Å²) in [5.41, 5.74) is 0. The number of esters is 1. The topological polar surface area (TPSA) is 114 Å². The van der Waals surface area contributed by atoms with Crippen molar-refractivity contribution in [3.05, 3.63) is 72.9 Å². The first-order chi connectivity index (χ1) is 37.9. The van der Waals surface area contributed by atoms with E-state index >= 15 is 0 Å². The van der Waals surface area contributed by atoms with Crippen LogP contribution in [0.15, 0.2) is 72.9 Å². The quantitative estimate of drug-likeness (QED) is 0.0212. The molecular weight excluding hydrogens is 988 g/mol. The van der Waals surface area contributed by atoms with Crippen LogP contribution in [0.5, 0.6) is 0 Å². The van der Waals surface area contributed by atoms with Crippen molar-refractivity contribution in [2.75, 3.05) is 40.9 Å². The molecule has 0 aliphatic heterocycles. The predicted octanol–water partition coefficient (Wildman–Crippen LogP) is 19.8. The lowest BCUT2D eigenvalue weighted by atomic mass is 10.0. The molecule has 0 aromatic rings. The summed E-state index contributed by atoms with van der Waals surface area (Å²) in [6, 6.07) is -0.912. The zero-order valence-corrected chi connectivity index (χ0v) is 52.8. The largest absolute Gasteiger partial charge is 0.756 e. The molecule has 0 aliphatic rings. The minimum atomic E-state index is -4.71. The van der Waals surface area contributed by atoms with Gasteiger partial charge < -0.3 is 28.5 Å². The normalized spacial score (nSPS) is 14.1. The number of ether oxygens (including phenoxy) is 1. The van der Waals surface area contributed by atoms with Crippen LogP contribution in [0.1, 0.15) is 297 Å². The number of carbonyl (C=O) groups is 2. The first-order valence-corrected chi connectivity index (χ1v) is 34.2. The van der Waals surface area contributed by atoms with Gasteiger partial charge in [0.2, 0.25) is 5.91 Å². The number of nitrogens with one attached hydrogen (secondary N) is 1. The van der Waals surface area contributed by atoms with Crippen LogP contribution in [0.4, 0.5) is 0 Å². The van der Waals surface area contributed by atoms with E-state index in [9.17, 15) is 19.0 Å². The molecule has 0 fully saturated rings. The Hall–Kier alpha value is -2.55. The summed E-state index contributed by atoms with van der Waals surface area (Å²) in [7, 11) is 1.16.